The van der Waals surface area contributed by atoms with Gasteiger partial charge in [-0.3, -0.25) is 9.59 Å². The summed E-state index contributed by atoms with van der Waals surface area (Å²) in [5.74, 6) is -0.426. The Labute approximate surface area is 35.3 Å². The molecule has 0 saturated heterocycles. The fourth-order valence-electron chi connectivity index (χ4n) is 0. The average molecular weight is 90.1 g/mol. The van der Waals surface area contributed by atoms with Gasteiger partial charge in [0.05, 0.1) is 0 Å². The van der Waals surface area contributed by atoms with Crippen LogP contribution in [-0.4, -0.2) is 17.5 Å². The van der Waals surface area contributed by atoms with Crippen molar-refractivity contribution in [1.29, 1.82) is 0 Å². The monoisotopic (exact) mass is 90.0 g/mol. The van der Waals surface area contributed by atoms with Crippen molar-refractivity contribution in [3.8, 4) is 0 Å². The molecule has 6 heavy (non-hydrogen) atoms. The van der Waals surface area contributed by atoms with Gasteiger partial charge in [-0.25, -0.2) is 0 Å². The lowest BCUT2D eigenvalue weighted by Crippen LogP contribution is -1.85. The number of carbonyl (C=O) groups excluding carboxylic acids is 2. The van der Waals surface area contributed by atoms with Gasteiger partial charge in [0.1, 0.15) is 0 Å². The van der Waals surface area contributed by atoms with Gasteiger partial charge >= 0.3 is 0 Å². The zero-order valence-corrected chi connectivity index (χ0v) is 3.39. The third kappa shape index (κ3) is 10.3. The van der Waals surface area contributed by atoms with Crippen molar-refractivity contribution in [2.24, 2.45) is 0 Å². The number of carbonyl (C=O) groups is 2. The fraction of sp³-hybridized carbons (Fsp3) is 0.333. The Morgan fingerprint density at radius 3 is 1.83 bits per heavy atom. The van der Waals surface area contributed by atoms with Crippen LogP contribution in [0.2, 0.25) is 0 Å². The lowest BCUT2D eigenvalue weighted by molar-refractivity contribution is -0.128. The zero-order valence-electron chi connectivity index (χ0n) is 3.39. The van der Waals surface area contributed by atoms with Gasteiger partial charge in [-0.15, -0.1) is 0 Å². The molecule has 0 bridgehead atoms. The first kappa shape index (κ1) is 9.00. The third-order valence-electron chi connectivity index (χ3n) is 0.166. The maximum Gasteiger partial charge on any atom is 0.192 e. The summed E-state index contributed by atoms with van der Waals surface area (Å²) in [4.78, 5) is 18.6. The lowest BCUT2D eigenvalue weighted by atomic mass is 10.5. The largest absolute Gasteiger partial charge is 0.412 e. The molecular formula is C3H6O3. The molecule has 0 spiro atoms. The number of rotatable bonds is 1. The van der Waals surface area contributed by atoms with Crippen LogP contribution in [0.1, 0.15) is 6.92 Å². The van der Waals surface area contributed by atoms with E-state index in [1.165, 1.54) is 6.92 Å². The van der Waals surface area contributed by atoms with Crippen molar-refractivity contribution >= 4 is 12.1 Å². The molecule has 0 heterocycles. The van der Waals surface area contributed by atoms with Crippen LogP contribution in [0, 0.1) is 0 Å². The smallest absolute Gasteiger partial charge is 0.192 e. The first-order valence-electron chi connectivity index (χ1n) is 1.23. The molecule has 0 aliphatic heterocycles. The second kappa shape index (κ2) is 4.30. The van der Waals surface area contributed by atoms with Crippen molar-refractivity contribution in [3.05, 3.63) is 0 Å². The lowest BCUT2D eigenvalue weighted by Gasteiger charge is -1.57. The predicted molar refractivity (Wildman–Crippen MR) is 20.4 cm³/mol. The molecule has 0 saturated carbocycles. The SMILES string of the molecule is CC(=O)C=O.O. The molecule has 3 nitrogen and oxygen atoms in total. The molecule has 3 heteroatoms. The van der Waals surface area contributed by atoms with Crippen LogP contribution in [-0.2, 0) is 9.59 Å². The van der Waals surface area contributed by atoms with E-state index >= 15 is 0 Å². The van der Waals surface area contributed by atoms with Gasteiger partial charge < -0.3 is 5.48 Å². The van der Waals surface area contributed by atoms with Gasteiger partial charge in [-0.2, -0.15) is 0 Å². The minimum atomic E-state index is -0.426. The zero-order chi connectivity index (χ0) is 4.28. The van der Waals surface area contributed by atoms with E-state index in [-0.39, 0.29) is 11.8 Å². The second-order valence-corrected chi connectivity index (χ2v) is 0.729. The molecule has 36 valence electrons. The molecule has 0 rings (SSSR count). The summed E-state index contributed by atoms with van der Waals surface area (Å²) in [6.07, 6.45) is 0.278. The molecule has 0 aromatic heterocycles. The second-order valence-electron chi connectivity index (χ2n) is 0.729. The normalized spacial score (nSPS) is 5.50. The van der Waals surface area contributed by atoms with E-state index in [4.69, 9.17) is 4.79 Å². The van der Waals surface area contributed by atoms with E-state index in [2.05, 4.69) is 0 Å². The molecule has 0 amide bonds. The number of ketones is 1. The molecule has 0 fully saturated rings. The van der Waals surface area contributed by atoms with Gasteiger partial charge in [0, 0.05) is 6.92 Å². The van der Waals surface area contributed by atoms with Crippen molar-refractivity contribution in [2.45, 2.75) is 6.92 Å². The topological polar surface area (TPSA) is 65.6 Å². The number of hydrogen-bond donors (Lipinski definition) is 0. The summed E-state index contributed by atoms with van der Waals surface area (Å²) in [7, 11) is 0. The highest BCUT2D eigenvalue weighted by molar-refractivity contribution is 6.23. The summed E-state index contributed by atoms with van der Waals surface area (Å²) >= 11 is 0. The Balaban J connectivity index is 0. The number of aldehydes is 1. The van der Waals surface area contributed by atoms with Crippen LogP contribution in [0.4, 0.5) is 0 Å². The molecule has 0 atom stereocenters. The van der Waals surface area contributed by atoms with Crippen LogP contribution in [0.25, 0.3) is 0 Å². The summed E-state index contributed by atoms with van der Waals surface area (Å²) in [6.45, 7) is 1.22. The Morgan fingerprint density at radius 1 is 1.67 bits per heavy atom. The first-order valence-corrected chi connectivity index (χ1v) is 1.23. The minimum absolute atomic E-state index is 0. The maximum absolute atomic E-state index is 9.44. The Morgan fingerprint density at radius 2 is 1.83 bits per heavy atom. The van der Waals surface area contributed by atoms with Gasteiger partial charge in [-0.1, -0.05) is 0 Å². The fourth-order valence-corrected chi connectivity index (χ4v) is 0. The highest BCUT2D eigenvalue weighted by Crippen LogP contribution is 1.48. The quantitative estimate of drug-likeness (QED) is 0.304. The standard InChI is InChI=1S/C3H4O2.H2O/c1-3(5)2-4;/h2H,1H3;1H2. The maximum atomic E-state index is 9.44. The molecule has 0 aliphatic rings. The van der Waals surface area contributed by atoms with Crippen molar-refractivity contribution in [2.75, 3.05) is 0 Å². The van der Waals surface area contributed by atoms with E-state index in [1.807, 2.05) is 0 Å². The predicted octanol–water partition coefficient (Wildman–Crippen LogP) is -1.05. The highest BCUT2D eigenvalue weighted by atomic mass is 16.2. The van der Waals surface area contributed by atoms with E-state index in [9.17, 15) is 4.79 Å². The van der Waals surface area contributed by atoms with Crippen LogP contribution < -0.4 is 0 Å². The summed E-state index contributed by atoms with van der Waals surface area (Å²) in [5, 5.41) is 0. The van der Waals surface area contributed by atoms with E-state index in [0.717, 1.165) is 0 Å². The first-order chi connectivity index (χ1) is 2.27. The summed E-state index contributed by atoms with van der Waals surface area (Å²) in [5.41, 5.74) is 0. The number of Topliss-reactive ketones (excluding diaryl/α,β-unsaturated/α-hetero) is 1. The molecule has 2 N–H and O–H groups in total. The molecular weight excluding hydrogens is 84.0 g/mol. The van der Waals surface area contributed by atoms with Crippen molar-refractivity contribution in [3.63, 3.8) is 0 Å². The van der Waals surface area contributed by atoms with Crippen molar-refractivity contribution in [1.82, 2.24) is 0 Å². The van der Waals surface area contributed by atoms with Crippen LogP contribution in [0.5, 0.6) is 0 Å². The minimum Gasteiger partial charge on any atom is -0.412 e. The molecule has 0 aromatic carbocycles. The Hall–Kier alpha value is -0.700. The van der Waals surface area contributed by atoms with E-state index in [1.54, 1.807) is 0 Å². The van der Waals surface area contributed by atoms with Gasteiger partial charge in [0.2, 0.25) is 0 Å². The van der Waals surface area contributed by atoms with Crippen LogP contribution in [0.3, 0.4) is 0 Å². The van der Waals surface area contributed by atoms with Crippen LogP contribution in [0.15, 0.2) is 0 Å². The molecule has 0 aliphatic carbocycles. The van der Waals surface area contributed by atoms with Crippen molar-refractivity contribution < 1.29 is 15.1 Å². The van der Waals surface area contributed by atoms with Crippen LogP contribution >= 0.6 is 0 Å². The highest BCUT2D eigenvalue weighted by Gasteiger charge is 1.76. The summed E-state index contributed by atoms with van der Waals surface area (Å²) in [6, 6.07) is 0. The van der Waals surface area contributed by atoms with Gasteiger partial charge in [0.25, 0.3) is 0 Å². The average Bonchev–Trinajstić information content (AvgIpc) is 1.38. The number of hydrogen-bond acceptors (Lipinski definition) is 2. The third-order valence-corrected chi connectivity index (χ3v) is 0.166. The van der Waals surface area contributed by atoms with E-state index in [0.29, 0.717) is 0 Å². The molecule has 0 aromatic rings. The summed E-state index contributed by atoms with van der Waals surface area (Å²) < 4.78 is 0. The molecule has 0 radical (unpaired) electrons. The van der Waals surface area contributed by atoms with E-state index < -0.39 is 5.78 Å². The van der Waals surface area contributed by atoms with Gasteiger partial charge in [-0.05, 0) is 0 Å². The molecule has 0 unspecified atom stereocenters. The Bertz CT molecular complexity index is 57.1. The van der Waals surface area contributed by atoms with Gasteiger partial charge in [0.15, 0.2) is 12.1 Å². The Kier molecular flexibility index (Phi) is 6.45.